The van der Waals surface area contributed by atoms with Gasteiger partial charge in [-0.25, -0.2) is 19.2 Å². The normalized spacial score (nSPS) is 14.1. The summed E-state index contributed by atoms with van der Waals surface area (Å²) in [6, 6.07) is 19.5. The zero-order valence-electron chi connectivity index (χ0n) is 26.1. The van der Waals surface area contributed by atoms with Crippen LogP contribution >= 0.6 is 0 Å². The van der Waals surface area contributed by atoms with Crippen LogP contribution in [0.5, 0.6) is 11.5 Å². The van der Waals surface area contributed by atoms with E-state index in [0.717, 1.165) is 66.7 Å². The highest BCUT2D eigenvalue weighted by Crippen LogP contribution is 2.26. The highest BCUT2D eigenvalue weighted by molar-refractivity contribution is 5.87. The first-order chi connectivity index (χ1) is 22.9. The molecular weight excluding hydrogens is 599 g/mol. The number of likely N-dealkylation sites (tertiary alicyclic amines) is 1. The molecule has 1 saturated heterocycles. The summed E-state index contributed by atoms with van der Waals surface area (Å²) in [6.07, 6.45) is 8.17. The van der Waals surface area contributed by atoms with Crippen LogP contribution in [0, 0.1) is 17.1 Å². The molecule has 0 unspecified atom stereocenters. The SMILES string of the molecule is CCn1cncc1Cn1c(CN2CCC(Oc3cccc(OCc4ccc(C#N)cc4F)c3)CC2)nc2ccc(/C=C/C(=O)O)cc21. The van der Waals surface area contributed by atoms with E-state index in [0.29, 0.717) is 30.2 Å². The highest BCUT2D eigenvalue weighted by atomic mass is 19.1. The quantitative estimate of drug-likeness (QED) is 0.165. The molecule has 0 amide bonds. The van der Waals surface area contributed by atoms with Gasteiger partial charge in [-0.15, -0.1) is 0 Å². The molecule has 11 heteroatoms. The maximum Gasteiger partial charge on any atom is 0.328 e. The number of carboxylic acids is 1. The summed E-state index contributed by atoms with van der Waals surface area (Å²) >= 11 is 0. The summed E-state index contributed by atoms with van der Waals surface area (Å²) in [4.78, 5) is 22.8. The van der Waals surface area contributed by atoms with E-state index in [4.69, 9.17) is 24.8 Å². The van der Waals surface area contributed by atoms with Gasteiger partial charge in [0, 0.05) is 43.5 Å². The first kappa shape index (κ1) is 31.5. The van der Waals surface area contributed by atoms with Crippen molar-refractivity contribution < 1.29 is 23.8 Å². The van der Waals surface area contributed by atoms with Crippen molar-refractivity contribution in [1.29, 1.82) is 5.26 Å². The van der Waals surface area contributed by atoms with Gasteiger partial charge in [0.05, 0.1) is 47.8 Å². The zero-order chi connectivity index (χ0) is 32.8. The van der Waals surface area contributed by atoms with Crippen LogP contribution in [-0.2, 0) is 31.0 Å². The van der Waals surface area contributed by atoms with Crippen molar-refractivity contribution in [3.05, 3.63) is 113 Å². The smallest absolute Gasteiger partial charge is 0.328 e. The van der Waals surface area contributed by atoms with E-state index in [1.54, 1.807) is 18.2 Å². The molecule has 1 aliphatic heterocycles. The Morgan fingerprint density at radius 3 is 2.70 bits per heavy atom. The van der Waals surface area contributed by atoms with E-state index in [9.17, 15) is 9.18 Å². The van der Waals surface area contributed by atoms with Crippen LogP contribution in [0.1, 0.15) is 48.0 Å². The van der Waals surface area contributed by atoms with Crippen LogP contribution in [0.25, 0.3) is 17.1 Å². The third-order valence-electron chi connectivity index (χ3n) is 8.31. The van der Waals surface area contributed by atoms with Crippen molar-refractivity contribution in [3.63, 3.8) is 0 Å². The van der Waals surface area contributed by atoms with Crippen LogP contribution in [0.2, 0.25) is 0 Å². The third kappa shape index (κ3) is 7.68. The zero-order valence-corrected chi connectivity index (χ0v) is 26.1. The summed E-state index contributed by atoms with van der Waals surface area (Å²) in [5.74, 6) is 0.753. The fourth-order valence-electron chi connectivity index (χ4n) is 5.79. The molecule has 0 radical (unpaired) electrons. The molecule has 47 heavy (non-hydrogen) atoms. The molecule has 1 N–H and O–H groups in total. The Balaban J connectivity index is 1.10. The minimum Gasteiger partial charge on any atom is -0.490 e. The fraction of sp³-hybridized carbons (Fsp3) is 0.278. The van der Waals surface area contributed by atoms with Crippen molar-refractivity contribution >= 4 is 23.1 Å². The lowest BCUT2D eigenvalue weighted by Crippen LogP contribution is -2.38. The maximum atomic E-state index is 14.3. The van der Waals surface area contributed by atoms with Gasteiger partial charge >= 0.3 is 5.97 Å². The molecule has 0 bridgehead atoms. The lowest BCUT2D eigenvalue weighted by molar-refractivity contribution is -0.131. The minimum atomic E-state index is -0.990. The number of aliphatic carboxylic acids is 1. The number of fused-ring (bicyclic) bond motifs is 1. The van der Waals surface area contributed by atoms with Crippen molar-refractivity contribution in [1.82, 2.24) is 24.0 Å². The Morgan fingerprint density at radius 2 is 1.94 bits per heavy atom. The lowest BCUT2D eigenvalue weighted by Gasteiger charge is -2.32. The van der Waals surface area contributed by atoms with Crippen molar-refractivity contribution in [2.24, 2.45) is 0 Å². The molecular formula is C36H35FN6O4. The summed E-state index contributed by atoms with van der Waals surface area (Å²) in [5, 5.41) is 18.1. The second kappa shape index (κ2) is 14.3. The number of nitriles is 1. The summed E-state index contributed by atoms with van der Waals surface area (Å²) < 4.78 is 30.7. The van der Waals surface area contributed by atoms with Gasteiger partial charge in [-0.3, -0.25) is 4.90 Å². The molecule has 5 aromatic rings. The molecule has 10 nitrogen and oxygen atoms in total. The van der Waals surface area contributed by atoms with Gasteiger partial charge < -0.3 is 23.7 Å². The van der Waals surface area contributed by atoms with Crippen LogP contribution < -0.4 is 9.47 Å². The minimum absolute atomic E-state index is 0.0405. The van der Waals surface area contributed by atoms with Gasteiger partial charge in [0.2, 0.25) is 0 Å². The van der Waals surface area contributed by atoms with Gasteiger partial charge in [0.25, 0.3) is 0 Å². The summed E-state index contributed by atoms with van der Waals surface area (Å²) in [6.45, 7) is 5.87. The van der Waals surface area contributed by atoms with E-state index < -0.39 is 11.8 Å². The van der Waals surface area contributed by atoms with Crippen molar-refractivity contribution in [2.75, 3.05) is 13.1 Å². The topological polar surface area (TPSA) is 118 Å². The Bertz CT molecular complexity index is 1950. The average Bonchev–Trinajstić information content (AvgIpc) is 3.67. The number of ether oxygens (including phenoxy) is 2. The number of aryl methyl sites for hydroxylation is 1. The number of aromatic nitrogens is 4. The Morgan fingerprint density at radius 1 is 1.11 bits per heavy atom. The predicted octanol–water partition coefficient (Wildman–Crippen LogP) is 6.03. The first-order valence-electron chi connectivity index (χ1n) is 15.6. The highest BCUT2D eigenvalue weighted by Gasteiger charge is 2.23. The number of hydrogen-bond donors (Lipinski definition) is 1. The molecule has 0 spiro atoms. The van der Waals surface area contributed by atoms with E-state index in [1.165, 1.54) is 6.07 Å². The number of imidazole rings is 2. The van der Waals surface area contributed by atoms with Gasteiger partial charge in [-0.1, -0.05) is 18.2 Å². The van der Waals surface area contributed by atoms with Crippen LogP contribution in [0.15, 0.2) is 79.3 Å². The fourth-order valence-corrected chi connectivity index (χ4v) is 5.79. The Hall–Kier alpha value is -5.47. The first-order valence-corrected chi connectivity index (χ1v) is 15.6. The maximum absolute atomic E-state index is 14.3. The molecule has 6 rings (SSSR count). The van der Waals surface area contributed by atoms with E-state index in [-0.39, 0.29) is 18.3 Å². The van der Waals surface area contributed by atoms with Crippen molar-refractivity contribution in [3.8, 4) is 17.6 Å². The molecule has 1 fully saturated rings. The number of carbonyl (C=O) groups is 1. The number of piperidine rings is 1. The van der Waals surface area contributed by atoms with Gasteiger partial charge in [-0.05, 0) is 67.8 Å². The van der Waals surface area contributed by atoms with Gasteiger partial charge in [0.15, 0.2) is 0 Å². The monoisotopic (exact) mass is 634 g/mol. The molecule has 3 aromatic carbocycles. The molecule has 2 aromatic heterocycles. The predicted molar refractivity (Wildman–Crippen MR) is 174 cm³/mol. The second-order valence-corrected chi connectivity index (χ2v) is 11.5. The lowest BCUT2D eigenvalue weighted by atomic mass is 10.1. The standard InChI is InChI=1S/C36H35FN6O4/c1-2-42-24-39-20-28(42)21-43-34-17-25(8-11-36(44)45)7-10-33(34)40-35(43)22-41-14-12-29(13-15-41)47-31-5-3-4-30(18-31)46-23-27-9-6-26(19-38)16-32(27)37/h3-11,16-18,20,24,29H,2,12-15,21-23H2,1H3,(H,44,45)/b11-8+. The largest absolute Gasteiger partial charge is 0.490 e. The Kier molecular flexibility index (Phi) is 9.59. The van der Waals surface area contributed by atoms with E-state index in [1.807, 2.05) is 61.1 Å². The molecule has 0 saturated carbocycles. The third-order valence-corrected chi connectivity index (χ3v) is 8.31. The number of halogens is 1. The van der Waals surface area contributed by atoms with E-state index >= 15 is 0 Å². The van der Waals surface area contributed by atoms with Crippen LogP contribution in [0.3, 0.4) is 0 Å². The van der Waals surface area contributed by atoms with Crippen molar-refractivity contribution in [2.45, 2.75) is 52.1 Å². The number of nitrogens with zero attached hydrogens (tertiary/aromatic N) is 6. The van der Waals surface area contributed by atoms with Gasteiger partial charge in [0.1, 0.15) is 35.9 Å². The van der Waals surface area contributed by atoms with E-state index in [2.05, 4.69) is 25.9 Å². The summed E-state index contributed by atoms with van der Waals surface area (Å²) in [5.41, 5.74) is 4.32. The number of rotatable bonds is 12. The Labute approximate surface area is 271 Å². The van der Waals surface area contributed by atoms with Crippen LogP contribution in [-0.4, -0.2) is 54.3 Å². The average molecular weight is 635 g/mol. The molecule has 0 atom stereocenters. The molecule has 0 aliphatic carbocycles. The molecule has 1 aliphatic rings. The number of benzene rings is 3. The molecule has 240 valence electrons. The second-order valence-electron chi connectivity index (χ2n) is 11.5. The summed E-state index contributed by atoms with van der Waals surface area (Å²) in [7, 11) is 0. The van der Waals surface area contributed by atoms with Crippen LogP contribution in [0.4, 0.5) is 4.39 Å². The molecule has 3 heterocycles. The number of hydrogen-bond acceptors (Lipinski definition) is 7. The number of carboxylic acid groups (broad SMARTS) is 1. The van der Waals surface area contributed by atoms with Gasteiger partial charge in [-0.2, -0.15) is 5.26 Å².